The highest BCUT2D eigenvalue weighted by molar-refractivity contribution is 5.81. The summed E-state index contributed by atoms with van der Waals surface area (Å²) in [6.45, 7) is 6.19. The van der Waals surface area contributed by atoms with Crippen molar-refractivity contribution in [1.82, 2.24) is 0 Å². The molecule has 0 aliphatic rings. The number of Topliss-reactive ketones (excluding diaryl/α,β-unsaturated/α-hetero) is 1. The summed E-state index contributed by atoms with van der Waals surface area (Å²) in [7, 11) is 0. The smallest absolute Gasteiger partial charge is 0.137 e. The van der Waals surface area contributed by atoms with Crippen LogP contribution in [-0.2, 0) is 4.79 Å². The van der Waals surface area contributed by atoms with E-state index >= 15 is 0 Å². The summed E-state index contributed by atoms with van der Waals surface area (Å²) in [4.78, 5) is 11.5. The van der Waals surface area contributed by atoms with Gasteiger partial charge in [0.05, 0.1) is 0 Å². The third kappa shape index (κ3) is 5.92. The number of unbranched alkanes of at least 4 members (excludes halogenated alkanes) is 3. The van der Waals surface area contributed by atoms with Crippen molar-refractivity contribution in [2.45, 2.75) is 45.4 Å². The van der Waals surface area contributed by atoms with Gasteiger partial charge < -0.3 is 5.73 Å². The molecule has 2 N–H and O–H groups in total. The Bertz CT molecular complexity index is 162. The second-order valence-corrected chi connectivity index (χ2v) is 3.70. The molecule has 0 heterocycles. The molecule has 0 aromatic rings. The predicted molar refractivity (Wildman–Crippen MR) is 61.1 cm³/mol. The monoisotopic (exact) mass is 197 g/mol. The van der Waals surface area contributed by atoms with Gasteiger partial charge in [0.25, 0.3) is 0 Å². The third-order valence-electron chi connectivity index (χ3n) is 2.56. The number of nitrogens with two attached hydrogens (primary N) is 1. The van der Waals surface area contributed by atoms with Crippen LogP contribution >= 0.6 is 0 Å². The second kappa shape index (κ2) is 8.95. The van der Waals surface area contributed by atoms with Crippen LogP contribution in [-0.4, -0.2) is 12.3 Å². The van der Waals surface area contributed by atoms with Gasteiger partial charge in [0.2, 0.25) is 0 Å². The van der Waals surface area contributed by atoms with Gasteiger partial charge in [-0.1, -0.05) is 19.4 Å². The maximum Gasteiger partial charge on any atom is 0.137 e. The first-order valence-corrected chi connectivity index (χ1v) is 5.59. The molecule has 0 aliphatic heterocycles. The van der Waals surface area contributed by atoms with Gasteiger partial charge in [0.15, 0.2) is 0 Å². The Balaban J connectivity index is 3.47. The Labute approximate surface area is 87.6 Å². The first-order valence-electron chi connectivity index (χ1n) is 5.59. The van der Waals surface area contributed by atoms with Gasteiger partial charge in [0.1, 0.15) is 5.78 Å². The third-order valence-corrected chi connectivity index (χ3v) is 2.56. The molecule has 0 spiro atoms. The van der Waals surface area contributed by atoms with Crippen LogP contribution in [0, 0.1) is 5.92 Å². The first kappa shape index (κ1) is 13.4. The largest absolute Gasteiger partial charge is 0.330 e. The molecule has 0 fully saturated rings. The van der Waals surface area contributed by atoms with E-state index in [0.717, 1.165) is 32.1 Å². The molecule has 0 bridgehead atoms. The predicted octanol–water partition coefficient (Wildman–Crippen LogP) is 2.68. The van der Waals surface area contributed by atoms with Crippen molar-refractivity contribution in [1.29, 1.82) is 0 Å². The van der Waals surface area contributed by atoms with Crippen LogP contribution in [0.25, 0.3) is 0 Å². The van der Waals surface area contributed by atoms with Crippen LogP contribution in [0.1, 0.15) is 45.4 Å². The fraction of sp³-hybridized carbons (Fsp3) is 0.750. The maximum atomic E-state index is 11.5. The zero-order chi connectivity index (χ0) is 10.8. The van der Waals surface area contributed by atoms with E-state index in [0.29, 0.717) is 18.7 Å². The molecule has 0 saturated carbocycles. The summed E-state index contributed by atoms with van der Waals surface area (Å²) in [6.07, 6.45) is 7.84. The molecular weight excluding hydrogens is 174 g/mol. The lowest BCUT2D eigenvalue weighted by Crippen LogP contribution is -2.22. The summed E-state index contributed by atoms with van der Waals surface area (Å²) < 4.78 is 0. The van der Waals surface area contributed by atoms with Crippen molar-refractivity contribution in [3.8, 4) is 0 Å². The summed E-state index contributed by atoms with van der Waals surface area (Å²) >= 11 is 0. The lowest BCUT2D eigenvalue weighted by atomic mass is 9.97. The topological polar surface area (TPSA) is 43.1 Å². The lowest BCUT2D eigenvalue weighted by Gasteiger charge is -2.10. The minimum absolute atomic E-state index is 0.0920. The van der Waals surface area contributed by atoms with E-state index in [4.69, 9.17) is 5.73 Å². The Hall–Kier alpha value is -0.630. The van der Waals surface area contributed by atoms with Crippen LogP contribution in [0.2, 0.25) is 0 Å². The Morgan fingerprint density at radius 3 is 2.64 bits per heavy atom. The van der Waals surface area contributed by atoms with Crippen molar-refractivity contribution in [3.05, 3.63) is 12.7 Å². The fourth-order valence-corrected chi connectivity index (χ4v) is 1.49. The molecular formula is C12H23NO. The summed E-state index contributed by atoms with van der Waals surface area (Å²) in [5.41, 5.74) is 5.50. The Morgan fingerprint density at radius 2 is 2.14 bits per heavy atom. The van der Waals surface area contributed by atoms with Gasteiger partial charge in [-0.05, 0) is 25.7 Å². The van der Waals surface area contributed by atoms with Gasteiger partial charge in [0, 0.05) is 18.9 Å². The van der Waals surface area contributed by atoms with Gasteiger partial charge in [-0.2, -0.15) is 0 Å². The van der Waals surface area contributed by atoms with E-state index in [1.807, 2.05) is 13.0 Å². The Morgan fingerprint density at radius 1 is 1.43 bits per heavy atom. The molecule has 0 saturated heterocycles. The van der Waals surface area contributed by atoms with Crippen LogP contribution in [0.15, 0.2) is 12.7 Å². The van der Waals surface area contributed by atoms with Crippen molar-refractivity contribution in [2.24, 2.45) is 11.7 Å². The minimum atomic E-state index is 0.0920. The van der Waals surface area contributed by atoms with Crippen LogP contribution in [0.3, 0.4) is 0 Å². The molecule has 0 aliphatic carbocycles. The van der Waals surface area contributed by atoms with Crippen molar-refractivity contribution in [3.63, 3.8) is 0 Å². The second-order valence-electron chi connectivity index (χ2n) is 3.70. The number of ketones is 1. The number of carbonyl (C=O) groups excluding carboxylic acids is 1. The highest BCUT2D eigenvalue weighted by Crippen LogP contribution is 2.10. The molecule has 2 nitrogen and oxygen atoms in total. The number of allylic oxidation sites excluding steroid dienone is 1. The fourth-order valence-electron chi connectivity index (χ4n) is 1.49. The maximum absolute atomic E-state index is 11.5. The van der Waals surface area contributed by atoms with Gasteiger partial charge in [-0.15, -0.1) is 6.58 Å². The molecule has 0 aromatic heterocycles. The number of carbonyl (C=O) groups is 1. The molecule has 2 heteroatoms. The molecule has 0 radical (unpaired) electrons. The molecule has 82 valence electrons. The average Bonchev–Trinajstić information content (AvgIpc) is 2.19. The molecule has 0 amide bonds. The highest BCUT2D eigenvalue weighted by atomic mass is 16.1. The number of hydrogen-bond donors (Lipinski definition) is 1. The van der Waals surface area contributed by atoms with E-state index in [9.17, 15) is 4.79 Å². The zero-order valence-corrected chi connectivity index (χ0v) is 9.30. The van der Waals surface area contributed by atoms with Crippen LogP contribution < -0.4 is 5.73 Å². The number of rotatable bonds is 9. The van der Waals surface area contributed by atoms with Crippen molar-refractivity contribution < 1.29 is 4.79 Å². The van der Waals surface area contributed by atoms with Gasteiger partial charge >= 0.3 is 0 Å². The quantitative estimate of drug-likeness (QED) is 0.456. The van der Waals surface area contributed by atoms with Crippen molar-refractivity contribution >= 4 is 5.78 Å². The molecule has 0 rings (SSSR count). The first-order chi connectivity index (χ1) is 6.76. The standard InChI is InChI=1S/C12H23NO/c1-3-5-6-7-8-9-12(14)11(4-2)10-13/h3,11H,1,4-10,13H2,2H3. The molecule has 0 aromatic carbocycles. The molecule has 1 atom stereocenters. The normalized spacial score (nSPS) is 12.4. The summed E-state index contributed by atoms with van der Waals surface area (Å²) in [5, 5.41) is 0. The van der Waals surface area contributed by atoms with Crippen molar-refractivity contribution in [2.75, 3.05) is 6.54 Å². The molecule has 14 heavy (non-hydrogen) atoms. The van der Waals surface area contributed by atoms with Gasteiger partial charge in [-0.3, -0.25) is 4.79 Å². The van der Waals surface area contributed by atoms with E-state index in [1.165, 1.54) is 0 Å². The number of hydrogen-bond acceptors (Lipinski definition) is 2. The zero-order valence-electron chi connectivity index (χ0n) is 9.30. The molecule has 1 unspecified atom stereocenters. The minimum Gasteiger partial charge on any atom is -0.330 e. The van der Waals surface area contributed by atoms with Gasteiger partial charge in [-0.25, -0.2) is 0 Å². The van der Waals surface area contributed by atoms with E-state index in [2.05, 4.69) is 6.58 Å². The Kier molecular flexibility index (Phi) is 8.54. The van der Waals surface area contributed by atoms with E-state index < -0.39 is 0 Å². The SMILES string of the molecule is C=CCCCCCC(=O)C(CC)CN. The average molecular weight is 197 g/mol. The van der Waals surface area contributed by atoms with E-state index in [1.54, 1.807) is 0 Å². The van der Waals surface area contributed by atoms with E-state index in [-0.39, 0.29) is 5.92 Å². The highest BCUT2D eigenvalue weighted by Gasteiger charge is 2.13. The summed E-state index contributed by atoms with van der Waals surface area (Å²) in [5.74, 6) is 0.433. The van der Waals surface area contributed by atoms with Crippen LogP contribution in [0.5, 0.6) is 0 Å². The lowest BCUT2D eigenvalue weighted by molar-refractivity contribution is -0.122. The van der Waals surface area contributed by atoms with Crippen LogP contribution in [0.4, 0.5) is 0 Å². The summed E-state index contributed by atoms with van der Waals surface area (Å²) in [6, 6.07) is 0.